The van der Waals surface area contributed by atoms with Crippen LogP contribution in [0.2, 0.25) is 0 Å². The van der Waals surface area contributed by atoms with Crippen molar-refractivity contribution >= 4 is 16.6 Å². The van der Waals surface area contributed by atoms with E-state index in [1.807, 2.05) is 0 Å². The molecule has 0 saturated carbocycles. The third-order valence-electron chi connectivity index (χ3n) is 4.87. The number of aromatic nitrogens is 3. The molecular weight excluding hydrogens is 454 g/mol. The van der Waals surface area contributed by atoms with E-state index in [0.717, 1.165) is 25.3 Å². The van der Waals surface area contributed by atoms with Crippen LogP contribution in [-0.4, -0.2) is 21.8 Å². The van der Waals surface area contributed by atoms with Crippen LogP contribution in [0.3, 0.4) is 0 Å². The topological polar surface area (TPSA) is 57.4 Å². The van der Waals surface area contributed by atoms with E-state index in [0.29, 0.717) is 0 Å². The minimum absolute atomic E-state index is 0.000274. The summed E-state index contributed by atoms with van der Waals surface area (Å²) in [5.74, 6) is -0.528. The second-order valence-electron chi connectivity index (χ2n) is 6.87. The van der Waals surface area contributed by atoms with Crippen molar-refractivity contribution in [3.63, 3.8) is 0 Å². The molecule has 6 nitrogen and oxygen atoms in total. The SMILES string of the molecule is [C-]#[N+]c1ccc2c(ccn2Cc2noc(-c3ccc(OC)c(C(F)(F)F)c3)n2)c1C(F)(F)F. The molecule has 0 saturated heterocycles. The Morgan fingerprint density at radius 2 is 1.82 bits per heavy atom. The summed E-state index contributed by atoms with van der Waals surface area (Å²) in [6.07, 6.45) is -8.02. The van der Waals surface area contributed by atoms with E-state index in [1.54, 1.807) is 0 Å². The number of fused-ring (bicyclic) bond motifs is 1. The van der Waals surface area contributed by atoms with E-state index in [-0.39, 0.29) is 40.5 Å². The van der Waals surface area contributed by atoms with Crippen molar-refractivity contribution in [2.24, 2.45) is 0 Å². The summed E-state index contributed by atoms with van der Waals surface area (Å²) in [6, 6.07) is 6.92. The highest BCUT2D eigenvalue weighted by molar-refractivity contribution is 5.89. The molecule has 4 rings (SSSR count). The fourth-order valence-electron chi connectivity index (χ4n) is 3.44. The van der Waals surface area contributed by atoms with Gasteiger partial charge in [-0.05, 0) is 30.3 Å². The van der Waals surface area contributed by atoms with Crippen molar-refractivity contribution in [3.05, 3.63) is 71.0 Å². The Kier molecular flexibility index (Phi) is 5.27. The Balaban J connectivity index is 1.69. The Labute approximate surface area is 181 Å². The molecule has 12 heteroatoms. The van der Waals surface area contributed by atoms with Crippen LogP contribution in [0.25, 0.3) is 27.2 Å². The summed E-state index contributed by atoms with van der Waals surface area (Å²) in [7, 11) is 1.11. The number of halogens is 6. The Morgan fingerprint density at radius 1 is 1.06 bits per heavy atom. The number of methoxy groups -OCH3 is 1. The van der Waals surface area contributed by atoms with E-state index in [4.69, 9.17) is 15.8 Å². The number of benzene rings is 2. The summed E-state index contributed by atoms with van der Waals surface area (Å²) in [6.45, 7) is 6.89. The van der Waals surface area contributed by atoms with Crippen LogP contribution in [0.4, 0.5) is 32.0 Å². The lowest BCUT2D eigenvalue weighted by atomic mass is 10.1. The number of ether oxygens (including phenoxy) is 1. The number of rotatable bonds is 4. The first-order chi connectivity index (χ1) is 15.5. The molecule has 0 bridgehead atoms. The zero-order valence-electron chi connectivity index (χ0n) is 16.6. The first kappa shape index (κ1) is 22.2. The molecule has 170 valence electrons. The van der Waals surface area contributed by atoms with Crippen molar-refractivity contribution in [2.75, 3.05) is 7.11 Å². The van der Waals surface area contributed by atoms with Gasteiger partial charge in [-0.15, -0.1) is 0 Å². The Bertz CT molecular complexity index is 1380. The minimum Gasteiger partial charge on any atom is -0.496 e. The molecule has 0 unspecified atom stereocenters. The van der Waals surface area contributed by atoms with E-state index in [2.05, 4.69) is 15.0 Å². The molecule has 2 aromatic carbocycles. The van der Waals surface area contributed by atoms with Crippen molar-refractivity contribution in [1.29, 1.82) is 0 Å². The lowest BCUT2D eigenvalue weighted by Gasteiger charge is -2.12. The molecule has 33 heavy (non-hydrogen) atoms. The Hall–Kier alpha value is -4.01. The molecule has 0 aliphatic heterocycles. The first-order valence-electron chi connectivity index (χ1n) is 9.17. The zero-order chi connectivity index (χ0) is 24.0. The minimum atomic E-state index is -4.73. The number of hydrogen-bond donors (Lipinski definition) is 0. The van der Waals surface area contributed by atoms with Gasteiger partial charge in [0.25, 0.3) is 5.89 Å². The smallest absolute Gasteiger partial charge is 0.419 e. The molecule has 4 aromatic rings. The van der Waals surface area contributed by atoms with Gasteiger partial charge in [-0.1, -0.05) is 11.2 Å². The fraction of sp³-hybridized carbons (Fsp3) is 0.190. The highest BCUT2D eigenvalue weighted by Crippen LogP contribution is 2.42. The highest BCUT2D eigenvalue weighted by Gasteiger charge is 2.36. The van der Waals surface area contributed by atoms with Gasteiger partial charge in [0, 0.05) is 22.7 Å². The number of nitrogens with zero attached hydrogens (tertiary/aromatic N) is 4. The lowest BCUT2D eigenvalue weighted by Crippen LogP contribution is -2.07. The van der Waals surface area contributed by atoms with Gasteiger partial charge in [0.2, 0.25) is 0 Å². The predicted molar refractivity (Wildman–Crippen MR) is 104 cm³/mol. The molecule has 0 fully saturated rings. The van der Waals surface area contributed by atoms with Crippen molar-refractivity contribution < 1.29 is 35.6 Å². The molecule has 0 aliphatic carbocycles. The largest absolute Gasteiger partial charge is 0.496 e. The summed E-state index contributed by atoms with van der Waals surface area (Å²) in [5.41, 5.74) is -2.39. The van der Waals surface area contributed by atoms with Gasteiger partial charge >= 0.3 is 12.4 Å². The standard InChI is InChI=1S/C21H12F6N4O2/c1-28-14-4-5-15-12(18(14)21(25,26)27)7-8-31(15)10-17-29-19(33-30-17)11-3-6-16(32-2)13(9-11)20(22,23)24/h3-9H,10H2,2H3. The Morgan fingerprint density at radius 3 is 2.45 bits per heavy atom. The summed E-state index contributed by atoms with van der Waals surface area (Å²) in [5, 5.41) is 3.56. The van der Waals surface area contributed by atoms with Crippen LogP contribution < -0.4 is 4.74 Å². The van der Waals surface area contributed by atoms with Gasteiger partial charge < -0.3 is 13.8 Å². The van der Waals surface area contributed by atoms with Crippen LogP contribution in [0.5, 0.6) is 5.75 Å². The quantitative estimate of drug-likeness (QED) is 0.260. The average molecular weight is 466 g/mol. The summed E-state index contributed by atoms with van der Waals surface area (Å²) in [4.78, 5) is 7.01. The zero-order valence-corrected chi connectivity index (χ0v) is 16.6. The summed E-state index contributed by atoms with van der Waals surface area (Å²) < 4.78 is 91.4. The van der Waals surface area contributed by atoms with Crippen LogP contribution in [-0.2, 0) is 18.9 Å². The van der Waals surface area contributed by atoms with E-state index >= 15 is 0 Å². The van der Waals surface area contributed by atoms with Gasteiger partial charge in [-0.25, -0.2) is 4.85 Å². The lowest BCUT2D eigenvalue weighted by molar-refractivity contribution is -0.138. The molecule has 0 radical (unpaired) electrons. The number of alkyl halides is 6. The second kappa shape index (κ2) is 7.84. The van der Waals surface area contributed by atoms with Crippen LogP contribution >= 0.6 is 0 Å². The molecule has 0 aliphatic rings. The monoisotopic (exact) mass is 466 g/mol. The maximum atomic E-state index is 13.5. The van der Waals surface area contributed by atoms with Crippen molar-refractivity contribution in [3.8, 4) is 17.2 Å². The molecule has 2 aromatic heterocycles. The fourth-order valence-corrected chi connectivity index (χ4v) is 3.44. The van der Waals surface area contributed by atoms with Gasteiger partial charge in [-0.2, -0.15) is 31.3 Å². The third kappa shape index (κ3) is 4.09. The van der Waals surface area contributed by atoms with Crippen molar-refractivity contribution in [1.82, 2.24) is 14.7 Å². The van der Waals surface area contributed by atoms with Crippen LogP contribution in [0.1, 0.15) is 17.0 Å². The van der Waals surface area contributed by atoms with E-state index in [1.165, 1.54) is 29.0 Å². The number of hydrogen-bond acceptors (Lipinski definition) is 4. The van der Waals surface area contributed by atoms with Crippen LogP contribution in [0.15, 0.2) is 47.1 Å². The normalized spacial score (nSPS) is 12.2. The molecule has 0 atom stereocenters. The van der Waals surface area contributed by atoms with Crippen LogP contribution in [0, 0.1) is 6.57 Å². The van der Waals surface area contributed by atoms with Gasteiger partial charge in [0.15, 0.2) is 11.5 Å². The van der Waals surface area contributed by atoms with Crippen molar-refractivity contribution in [2.45, 2.75) is 18.9 Å². The van der Waals surface area contributed by atoms with Gasteiger partial charge in [0.1, 0.15) is 5.75 Å². The third-order valence-corrected chi connectivity index (χ3v) is 4.87. The van der Waals surface area contributed by atoms with Gasteiger partial charge in [0.05, 0.1) is 31.4 Å². The molecule has 0 spiro atoms. The maximum Gasteiger partial charge on any atom is 0.419 e. The van der Waals surface area contributed by atoms with E-state index in [9.17, 15) is 26.3 Å². The maximum absolute atomic E-state index is 13.5. The molecule has 2 heterocycles. The highest BCUT2D eigenvalue weighted by atomic mass is 19.4. The average Bonchev–Trinajstić information content (AvgIpc) is 3.38. The van der Waals surface area contributed by atoms with Gasteiger partial charge in [-0.3, -0.25) is 0 Å². The molecule has 0 N–H and O–H groups in total. The molecular formula is C21H12F6N4O2. The predicted octanol–water partition coefficient (Wildman–Crippen LogP) is 6.34. The molecule has 0 amide bonds. The second-order valence-corrected chi connectivity index (χ2v) is 6.87. The summed E-state index contributed by atoms with van der Waals surface area (Å²) >= 11 is 0. The van der Waals surface area contributed by atoms with E-state index < -0.39 is 29.2 Å². The first-order valence-corrected chi connectivity index (χ1v) is 9.17.